The summed E-state index contributed by atoms with van der Waals surface area (Å²) in [4.78, 5) is 16.9. The first-order valence-electron chi connectivity index (χ1n) is 6.79. The highest BCUT2D eigenvalue weighted by Gasteiger charge is 2.45. The first kappa shape index (κ1) is 14.0. The molecule has 0 bridgehead atoms. The fraction of sp³-hybridized carbons (Fsp3) is 0.176. The normalized spacial score (nSPS) is 20.4. The summed E-state index contributed by atoms with van der Waals surface area (Å²) in [5.74, 6) is -0.0340. The Balaban J connectivity index is 1.53. The van der Waals surface area contributed by atoms with Crippen LogP contribution in [0.5, 0.6) is 0 Å². The Morgan fingerprint density at radius 3 is 2.57 bits per heavy atom. The minimum atomic E-state index is -0.253. The maximum absolute atomic E-state index is 11.9. The summed E-state index contributed by atoms with van der Waals surface area (Å²) in [5, 5.41) is 3.77. The van der Waals surface area contributed by atoms with Crippen molar-refractivity contribution in [1.82, 2.24) is 0 Å². The van der Waals surface area contributed by atoms with Crippen molar-refractivity contribution >= 4 is 28.1 Å². The summed E-state index contributed by atoms with van der Waals surface area (Å²) in [6.45, 7) is 0. The van der Waals surface area contributed by atoms with Crippen molar-refractivity contribution in [3.63, 3.8) is 0 Å². The number of halogens is 1. The third-order valence-corrected chi connectivity index (χ3v) is 4.06. The molecule has 0 aliphatic heterocycles. The van der Waals surface area contributed by atoms with Gasteiger partial charge in [-0.05, 0) is 35.6 Å². The molecule has 0 heterocycles. The summed E-state index contributed by atoms with van der Waals surface area (Å²) < 4.78 is 1.00. The van der Waals surface area contributed by atoms with Crippen molar-refractivity contribution in [3.05, 3.63) is 70.2 Å². The van der Waals surface area contributed by atoms with Crippen LogP contribution in [0.4, 0.5) is 0 Å². The molecule has 1 fully saturated rings. The molecule has 21 heavy (non-hydrogen) atoms. The molecule has 2 aromatic rings. The van der Waals surface area contributed by atoms with E-state index in [1.165, 1.54) is 5.56 Å². The van der Waals surface area contributed by atoms with E-state index < -0.39 is 0 Å². The molecule has 0 aromatic heterocycles. The molecule has 1 saturated carbocycles. The molecule has 4 heteroatoms. The van der Waals surface area contributed by atoms with Crippen molar-refractivity contribution in [1.29, 1.82) is 0 Å². The van der Waals surface area contributed by atoms with Gasteiger partial charge in [0.1, 0.15) is 0 Å². The summed E-state index contributed by atoms with van der Waals surface area (Å²) in [7, 11) is 0. The molecule has 2 atom stereocenters. The van der Waals surface area contributed by atoms with Crippen molar-refractivity contribution in [2.75, 3.05) is 0 Å². The lowest BCUT2D eigenvalue weighted by Crippen LogP contribution is -2.04. The maximum Gasteiger partial charge on any atom is 0.338 e. The molecule has 2 aromatic carbocycles. The smallest absolute Gasteiger partial charge is 0.318 e. The van der Waals surface area contributed by atoms with Crippen LogP contribution in [0.1, 0.15) is 23.5 Å². The number of hydrogen-bond donors (Lipinski definition) is 0. The van der Waals surface area contributed by atoms with Gasteiger partial charge >= 0.3 is 5.97 Å². The molecule has 0 saturated heterocycles. The average Bonchev–Trinajstić information content (AvgIpc) is 3.31. The molecule has 0 spiro atoms. The molecule has 0 N–H and O–H groups in total. The van der Waals surface area contributed by atoms with Gasteiger partial charge in [0, 0.05) is 4.47 Å². The molecule has 0 amide bonds. The lowest BCUT2D eigenvalue weighted by molar-refractivity contribution is -0.145. The Kier molecular flexibility index (Phi) is 4.15. The number of benzene rings is 2. The number of hydrogen-bond acceptors (Lipinski definition) is 3. The Bertz CT molecular complexity index is 652. The van der Waals surface area contributed by atoms with Gasteiger partial charge in [-0.15, -0.1) is 0 Å². The second-order valence-electron chi connectivity index (χ2n) is 5.06. The Labute approximate surface area is 131 Å². The van der Waals surface area contributed by atoms with E-state index in [2.05, 4.69) is 21.1 Å². The average molecular weight is 344 g/mol. The van der Waals surface area contributed by atoms with Gasteiger partial charge < -0.3 is 4.84 Å². The van der Waals surface area contributed by atoms with E-state index in [-0.39, 0.29) is 17.8 Å². The van der Waals surface area contributed by atoms with Crippen LogP contribution < -0.4 is 0 Å². The third-order valence-electron chi connectivity index (χ3n) is 3.54. The van der Waals surface area contributed by atoms with Crippen LogP contribution in [-0.2, 0) is 9.63 Å². The Morgan fingerprint density at radius 1 is 1.14 bits per heavy atom. The van der Waals surface area contributed by atoms with Crippen LogP contribution in [0.25, 0.3) is 0 Å². The SMILES string of the molecule is O=C(O/N=C\c1ccc(Br)cc1)C1CC1c1ccccc1. The highest BCUT2D eigenvalue weighted by molar-refractivity contribution is 9.10. The molecule has 106 valence electrons. The number of rotatable bonds is 4. The summed E-state index contributed by atoms with van der Waals surface area (Å²) in [5.41, 5.74) is 2.08. The zero-order valence-corrected chi connectivity index (χ0v) is 12.9. The molecule has 1 aliphatic carbocycles. The predicted octanol–water partition coefficient (Wildman–Crippen LogP) is 4.13. The topological polar surface area (TPSA) is 38.7 Å². The molecule has 1 aliphatic rings. The van der Waals surface area contributed by atoms with Gasteiger partial charge in [0.25, 0.3) is 0 Å². The van der Waals surface area contributed by atoms with Crippen LogP contribution in [0.2, 0.25) is 0 Å². The lowest BCUT2D eigenvalue weighted by Gasteiger charge is -1.98. The zero-order valence-electron chi connectivity index (χ0n) is 11.3. The van der Waals surface area contributed by atoms with Crippen LogP contribution in [0, 0.1) is 5.92 Å². The largest absolute Gasteiger partial charge is 0.338 e. The first-order valence-corrected chi connectivity index (χ1v) is 7.58. The number of oxime groups is 1. The number of carbonyl (C=O) groups excluding carboxylic acids is 1. The van der Waals surface area contributed by atoms with Crippen molar-refractivity contribution in [2.24, 2.45) is 11.1 Å². The molecule has 3 nitrogen and oxygen atoms in total. The molecule has 0 radical (unpaired) electrons. The monoisotopic (exact) mass is 343 g/mol. The third kappa shape index (κ3) is 3.58. The number of carbonyl (C=O) groups is 1. The maximum atomic E-state index is 11.9. The lowest BCUT2D eigenvalue weighted by atomic mass is 10.1. The van der Waals surface area contributed by atoms with E-state index >= 15 is 0 Å². The van der Waals surface area contributed by atoms with E-state index in [9.17, 15) is 4.79 Å². The minimum absolute atomic E-state index is 0.0607. The quantitative estimate of drug-likeness (QED) is 0.475. The molecular weight excluding hydrogens is 330 g/mol. The first-order chi connectivity index (χ1) is 10.2. The summed E-state index contributed by atoms with van der Waals surface area (Å²) in [6, 6.07) is 17.7. The second-order valence-corrected chi connectivity index (χ2v) is 5.97. The Hall–Kier alpha value is -1.94. The van der Waals surface area contributed by atoms with Gasteiger partial charge in [0.2, 0.25) is 0 Å². The van der Waals surface area contributed by atoms with Gasteiger partial charge in [-0.2, -0.15) is 0 Å². The minimum Gasteiger partial charge on any atom is -0.318 e. The van der Waals surface area contributed by atoms with Crippen LogP contribution >= 0.6 is 15.9 Å². The van der Waals surface area contributed by atoms with E-state index in [0.717, 1.165) is 16.5 Å². The number of nitrogens with zero attached hydrogens (tertiary/aromatic N) is 1. The van der Waals surface area contributed by atoms with Gasteiger partial charge in [-0.3, -0.25) is 0 Å². The van der Waals surface area contributed by atoms with Crippen molar-refractivity contribution < 1.29 is 9.63 Å². The van der Waals surface area contributed by atoms with Gasteiger partial charge in [0.05, 0.1) is 12.1 Å². The standard InChI is InChI=1S/C17H14BrNO2/c18-14-8-6-12(7-9-14)11-19-21-17(20)16-10-15(16)13-4-2-1-3-5-13/h1-9,11,15-16H,10H2/b19-11-. The predicted molar refractivity (Wildman–Crippen MR) is 85.1 cm³/mol. The zero-order chi connectivity index (χ0) is 14.7. The van der Waals surface area contributed by atoms with Crippen LogP contribution in [0.3, 0.4) is 0 Å². The van der Waals surface area contributed by atoms with Crippen LogP contribution in [0.15, 0.2) is 64.2 Å². The van der Waals surface area contributed by atoms with E-state index in [4.69, 9.17) is 4.84 Å². The van der Waals surface area contributed by atoms with Gasteiger partial charge in [-0.25, -0.2) is 4.79 Å². The van der Waals surface area contributed by atoms with Crippen molar-refractivity contribution in [3.8, 4) is 0 Å². The van der Waals surface area contributed by atoms with Gasteiger partial charge in [-0.1, -0.05) is 63.6 Å². The fourth-order valence-corrected chi connectivity index (χ4v) is 2.54. The second kappa shape index (κ2) is 6.22. The highest BCUT2D eigenvalue weighted by atomic mass is 79.9. The summed E-state index contributed by atoms with van der Waals surface area (Å²) in [6.07, 6.45) is 2.39. The fourth-order valence-electron chi connectivity index (χ4n) is 2.28. The van der Waals surface area contributed by atoms with Crippen molar-refractivity contribution in [2.45, 2.75) is 12.3 Å². The van der Waals surface area contributed by atoms with E-state index in [1.54, 1.807) is 6.21 Å². The van der Waals surface area contributed by atoms with E-state index in [0.29, 0.717) is 0 Å². The van der Waals surface area contributed by atoms with Gasteiger partial charge in [0.15, 0.2) is 0 Å². The molecular formula is C17H14BrNO2. The van der Waals surface area contributed by atoms with Crippen LogP contribution in [-0.4, -0.2) is 12.2 Å². The highest BCUT2D eigenvalue weighted by Crippen LogP contribution is 2.48. The summed E-state index contributed by atoms with van der Waals surface area (Å²) >= 11 is 3.36. The molecule has 3 rings (SSSR count). The van der Waals surface area contributed by atoms with E-state index in [1.807, 2.05) is 54.6 Å². The Morgan fingerprint density at radius 2 is 1.86 bits per heavy atom. The molecule has 2 unspecified atom stereocenters.